The van der Waals surface area contributed by atoms with E-state index in [-0.39, 0.29) is 10.6 Å². The number of hydrogen-bond donors (Lipinski definition) is 1. The molecule has 1 N–H and O–H groups in total. The van der Waals surface area contributed by atoms with Gasteiger partial charge >= 0.3 is 0 Å². The first-order valence-electron chi connectivity index (χ1n) is 5.50. The van der Waals surface area contributed by atoms with Gasteiger partial charge in [0.1, 0.15) is 17.7 Å². The molecular formula is C14H11Cl2FO2. The monoisotopic (exact) mass is 300 g/mol. The summed E-state index contributed by atoms with van der Waals surface area (Å²) in [4.78, 5) is 0. The lowest BCUT2D eigenvalue weighted by molar-refractivity contribution is 0.214. The van der Waals surface area contributed by atoms with E-state index in [1.54, 1.807) is 24.3 Å². The Morgan fingerprint density at radius 2 is 1.89 bits per heavy atom. The first kappa shape index (κ1) is 14.1. The van der Waals surface area contributed by atoms with Gasteiger partial charge in [0.2, 0.25) is 0 Å². The summed E-state index contributed by atoms with van der Waals surface area (Å²) < 4.78 is 18.9. The van der Waals surface area contributed by atoms with Gasteiger partial charge in [-0.15, -0.1) is 0 Å². The third-order valence-electron chi connectivity index (χ3n) is 2.77. The summed E-state index contributed by atoms with van der Waals surface area (Å²) in [6.07, 6.45) is -1.13. The molecule has 0 spiro atoms. The van der Waals surface area contributed by atoms with Crippen molar-refractivity contribution in [3.05, 3.63) is 63.4 Å². The summed E-state index contributed by atoms with van der Waals surface area (Å²) in [6, 6.07) is 9.24. The lowest BCUT2D eigenvalue weighted by Gasteiger charge is -2.14. The topological polar surface area (TPSA) is 29.5 Å². The van der Waals surface area contributed by atoms with E-state index in [4.69, 9.17) is 27.9 Å². The number of aliphatic hydroxyl groups excluding tert-OH is 1. The van der Waals surface area contributed by atoms with E-state index < -0.39 is 11.9 Å². The van der Waals surface area contributed by atoms with Crippen molar-refractivity contribution in [2.24, 2.45) is 0 Å². The van der Waals surface area contributed by atoms with Crippen molar-refractivity contribution in [1.29, 1.82) is 0 Å². The standard InChI is InChI=1S/C14H11Cl2FO2/c1-19-12-7-8(5-6-10(12)15)14(18)9-3-2-4-11(16)13(9)17/h2-7,14,18H,1H3. The Bertz CT molecular complexity index is 602. The van der Waals surface area contributed by atoms with Gasteiger partial charge in [-0.25, -0.2) is 4.39 Å². The van der Waals surface area contributed by atoms with Gasteiger partial charge in [-0.3, -0.25) is 0 Å². The molecule has 5 heteroatoms. The van der Waals surface area contributed by atoms with Crippen LogP contribution in [0, 0.1) is 5.82 Å². The minimum atomic E-state index is -1.13. The molecule has 2 aromatic rings. The molecule has 0 aromatic heterocycles. The molecule has 0 heterocycles. The maximum atomic E-state index is 13.9. The van der Waals surface area contributed by atoms with E-state index in [2.05, 4.69) is 0 Å². The van der Waals surface area contributed by atoms with Crippen LogP contribution in [0.25, 0.3) is 0 Å². The van der Waals surface area contributed by atoms with E-state index in [0.717, 1.165) is 0 Å². The number of rotatable bonds is 3. The Balaban J connectivity index is 2.44. The molecule has 100 valence electrons. The van der Waals surface area contributed by atoms with Gasteiger partial charge in [-0.05, 0) is 23.8 Å². The second kappa shape index (κ2) is 5.78. The normalized spacial score (nSPS) is 12.3. The quantitative estimate of drug-likeness (QED) is 0.919. The Labute approximate surface area is 120 Å². The number of ether oxygens (including phenoxy) is 1. The molecule has 0 aliphatic rings. The molecule has 2 nitrogen and oxygen atoms in total. The van der Waals surface area contributed by atoms with E-state index in [1.807, 2.05) is 0 Å². The molecule has 0 bridgehead atoms. The summed E-state index contributed by atoms with van der Waals surface area (Å²) in [7, 11) is 1.47. The van der Waals surface area contributed by atoms with Crippen LogP contribution in [0.1, 0.15) is 17.2 Å². The van der Waals surface area contributed by atoms with Crippen LogP contribution in [-0.2, 0) is 0 Å². The zero-order valence-corrected chi connectivity index (χ0v) is 11.5. The fourth-order valence-corrected chi connectivity index (χ4v) is 2.13. The fourth-order valence-electron chi connectivity index (χ4n) is 1.76. The molecular weight excluding hydrogens is 290 g/mol. The van der Waals surface area contributed by atoms with Crippen molar-refractivity contribution < 1.29 is 14.2 Å². The number of halogens is 3. The molecule has 0 saturated carbocycles. The molecule has 1 unspecified atom stereocenters. The highest BCUT2D eigenvalue weighted by Crippen LogP contribution is 2.32. The van der Waals surface area contributed by atoms with Crippen molar-refractivity contribution in [3.63, 3.8) is 0 Å². The second-order valence-corrected chi connectivity index (χ2v) is 4.75. The molecule has 0 aliphatic carbocycles. The van der Waals surface area contributed by atoms with Gasteiger partial charge in [0.25, 0.3) is 0 Å². The van der Waals surface area contributed by atoms with Crippen LogP contribution < -0.4 is 4.74 Å². The maximum Gasteiger partial charge on any atom is 0.147 e. The van der Waals surface area contributed by atoms with E-state index in [0.29, 0.717) is 16.3 Å². The molecule has 19 heavy (non-hydrogen) atoms. The summed E-state index contributed by atoms with van der Waals surface area (Å²) >= 11 is 11.6. The molecule has 0 aliphatic heterocycles. The van der Waals surface area contributed by atoms with Gasteiger partial charge in [0.05, 0.1) is 17.2 Å². The predicted molar refractivity (Wildman–Crippen MR) is 73.5 cm³/mol. The van der Waals surface area contributed by atoms with Crippen molar-refractivity contribution in [2.45, 2.75) is 6.10 Å². The third-order valence-corrected chi connectivity index (χ3v) is 3.37. The summed E-state index contributed by atoms with van der Waals surface area (Å²) in [5, 5.41) is 10.6. The van der Waals surface area contributed by atoms with Gasteiger partial charge < -0.3 is 9.84 Å². The number of methoxy groups -OCH3 is 1. The molecule has 0 fully saturated rings. The van der Waals surface area contributed by atoms with Gasteiger partial charge in [0, 0.05) is 5.56 Å². The van der Waals surface area contributed by atoms with Crippen molar-refractivity contribution in [2.75, 3.05) is 7.11 Å². The van der Waals surface area contributed by atoms with Crippen LogP contribution in [-0.4, -0.2) is 12.2 Å². The van der Waals surface area contributed by atoms with Crippen molar-refractivity contribution in [3.8, 4) is 5.75 Å². The Hall–Kier alpha value is -1.29. The molecule has 0 saturated heterocycles. The van der Waals surface area contributed by atoms with Gasteiger partial charge in [-0.2, -0.15) is 0 Å². The lowest BCUT2D eigenvalue weighted by Crippen LogP contribution is -2.03. The van der Waals surface area contributed by atoms with Crippen LogP contribution in [0.3, 0.4) is 0 Å². The third kappa shape index (κ3) is 2.84. The maximum absolute atomic E-state index is 13.9. The lowest BCUT2D eigenvalue weighted by atomic mass is 10.0. The molecule has 0 amide bonds. The predicted octanol–water partition coefficient (Wildman–Crippen LogP) is 4.22. The van der Waals surface area contributed by atoms with Crippen LogP contribution in [0.15, 0.2) is 36.4 Å². The fraction of sp³-hybridized carbons (Fsp3) is 0.143. The summed E-state index contributed by atoms with van der Waals surface area (Å²) in [5.41, 5.74) is 0.583. The Morgan fingerprint density at radius 1 is 1.16 bits per heavy atom. The van der Waals surface area contributed by atoms with E-state index in [1.165, 1.54) is 19.2 Å². The van der Waals surface area contributed by atoms with Crippen molar-refractivity contribution >= 4 is 23.2 Å². The zero-order chi connectivity index (χ0) is 14.0. The van der Waals surface area contributed by atoms with E-state index >= 15 is 0 Å². The minimum Gasteiger partial charge on any atom is -0.495 e. The largest absolute Gasteiger partial charge is 0.495 e. The minimum absolute atomic E-state index is 0.0301. The SMILES string of the molecule is COc1cc(C(O)c2cccc(Cl)c2F)ccc1Cl. The van der Waals surface area contributed by atoms with Gasteiger partial charge in [-0.1, -0.05) is 41.4 Å². The zero-order valence-electron chi connectivity index (χ0n) is 10.0. The first-order valence-corrected chi connectivity index (χ1v) is 6.25. The molecule has 2 aromatic carbocycles. The van der Waals surface area contributed by atoms with Crippen LogP contribution in [0.5, 0.6) is 5.75 Å². The van der Waals surface area contributed by atoms with Crippen molar-refractivity contribution in [1.82, 2.24) is 0 Å². The van der Waals surface area contributed by atoms with Gasteiger partial charge in [0.15, 0.2) is 0 Å². The summed E-state index contributed by atoms with van der Waals surface area (Å²) in [5.74, 6) is -0.216. The van der Waals surface area contributed by atoms with Crippen LogP contribution >= 0.6 is 23.2 Å². The highest BCUT2D eigenvalue weighted by Gasteiger charge is 2.18. The van der Waals surface area contributed by atoms with Crippen LogP contribution in [0.4, 0.5) is 4.39 Å². The first-order chi connectivity index (χ1) is 9.04. The summed E-state index contributed by atoms with van der Waals surface area (Å²) in [6.45, 7) is 0. The average Bonchev–Trinajstić information content (AvgIpc) is 2.41. The molecule has 0 radical (unpaired) electrons. The second-order valence-electron chi connectivity index (χ2n) is 3.94. The van der Waals surface area contributed by atoms with Crippen LogP contribution in [0.2, 0.25) is 10.0 Å². The number of aliphatic hydroxyl groups is 1. The Morgan fingerprint density at radius 3 is 2.58 bits per heavy atom. The van der Waals surface area contributed by atoms with E-state index in [9.17, 15) is 9.50 Å². The number of benzene rings is 2. The smallest absolute Gasteiger partial charge is 0.147 e. The average molecular weight is 301 g/mol. The number of hydrogen-bond acceptors (Lipinski definition) is 2. The Kier molecular flexibility index (Phi) is 4.30. The molecule has 1 atom stereocenters. The highest BCUT2D eigenvalue weighted by molar-refractivity contribution is 6.32. The highest BCUT2D eigenvalue weighted by atomic mass is 35.5. The molecule has 2 rings (SSSR count).